The molecule has 1 N–H and O–H groups in total. The predicted octanol–water partition coefficient (Wildman–Crippen LogP) is 5.47. The molecule has 0 saturated carbocycles. The van der Waals surface area contributed by atoms with Crippen molar-refractivity contribution in [1.29, 1.82) is 0 Å². The molecule has 0 radical (unpaired) electrons. The van der Waals surface area contributed by atoms with Crippen LogP contribution in [0.1, 0.15) is 30.5 Å². The molecule has 0 spiro atoms. The lowest BCUT2D eigenvalue weighted by molar-refractivity contribution is 0.545. The lowest BCUT2D eigenvalue weighted by Gasteiger charge is -2.21. The summed E-state index contributed by atoms with van der Waals surface area (Å²) in [6.07, 6.45) is 0.904. The van der Waals surface area contributed by atoms with Crippen molar-refractivity contribution in [3.8, 4) is 0 Å². The molecular formula is C16H15BrClF2N. The maximum atomic E-state index is 14.1. The van der Waals surface area contributed by atoms with Crippen LogP contribution >= 0.6 is 27.5 Å². The van der Waals surface area contributed by atoms with E-state index >= 15 is 0 Å². The Morgan fingerprint density at radius 3 is 2.52 bits per heavy atom. The number of hydrogen-bond acceptors (Lipinski definition) is 1. The highest BCUT2D eigenvalue weighted by Gasteiger charge is 2.18. The third-order valence-electron chi connectivity index (χ3n) is 3.14. The highest BCUT2D eigenvalue weighted by atomic mass is 79.9. The minimum absolute atomic E-state index is 0.0335. The highest BCUT2D eigenvalue weighted by molar-refractivity contribution is 9.10. The van der Waals surface area contributed by atoms with Gasteiger partial charge in [0.15, 0.2) is 0 Å². The number of halogens is 4. The van der Waals surface area contributed by atoms with Gasteiger partial charge in [-0.1, -0.05) is 40.5 Å². The standard InChI is InChI=1S/C16H15BrClF2N/c1-2-7-21-16(10-3-5-15(20)13(18)8-10)12-9-11(17)4-6-14(12)19/h3-6,8-9,16,21H,2,7H2,1H3. The van der Waals surface area contributed by atoms with E-state index in [1.165, 1.54) is 18.2 Å². The molecule has 2 rings (SSSR count). The Labute approximate surface area is 136 Å². The second kappa shape index (κ2) is 7.34. The Morgan fingerprint density at radius 1 is 1.14 bits per heavy atom. The molecule has 0 heterocycles. The summed E-state index contributed by atoms with van der Waals surface area (Å²) in [5.74, 6) is -0.795. The Morgan fingerprint density at radius 2 is 1.86 bits per heavy atom. The lowest BCUT2D eigenvalue weighted by atomic mass is 9.98. The van der Waals surface area contributed by atoms with E-state index in [4.69, 9.17) is 11.6 Å². The smallest absolute Gasteiger partial charge is 0.141 e. The number of nitrogens with one attached hydrogen (secondary N) is 1. The summed E-state index contributed by atoms with van der Waals surface area (Å²) in [4.78, 5) is 0. The van der Waals surface area contributed by atoms with Crippen LogP contribution in [0.3, 0.4) is 0 Å². The van der Waals surface area contributed by atoms with Gasteiger partial charge in [0.05, 0.1) is 11.1 Å². The first-order chi connectivity index (χ1) is 10.0. The zero-order chi connectivity index (χ0) is 15.4. The van der Waals surface area contributed by atoms with Crippen LogP contribution < -0.4 is 5.32 Å². The summed E-state index contributed by atoms with van der Waals surface area (Å²) < 4.78 is 28.3. The van der Waals surface area contributed by atoms with Crippen molar-refractivity contribution < 1.29 is 8.78 Å². The van der Waals surface area contributed by atoms with Crippen LogP contribution in [0, 0.1) is 11.6 Å². The largest absolute Gasteiger partial charge is 0.306 e. The monoisotopic (exact) mass is 373 g/mol. The van der Waals surface area contributed by atoms with Crippen molar-refractivity contribution in [1.82, 2.24) is 5.32 Å². The molecule has 0 amide bonds. The molecule has 2 aromatic rings. The van der Waals surface area contributed by atoms with Crippen LogP contribution in [0.5, 0.6) is 0 Å². The minimum Gasteiger partial charge on any atom is -0.306 e. The van der Waals surface area contributed by atoms with E-state index in [0.717, 1.165) is 16.5 Å². The van der Waals surface area contributed by atoms with E-state index in [9.17, 15) is 8.78 Å². The minimum atomic E-state index is -0.482. The summed E-state index contributed by atoms with van der Waals surface area (Å²) in [6.45, 7) is 2.74. The van der Waals surface area contributed by atoms with E-state index in [0.29, 0.717) is 12.1 Å². The van der Waals surface area contributed by atoms with Crippen molar-refractivity contribution in [3.05, 3.63) is 68.7 Å². The summed E-state index contributed by atoms with van der Waals surface area (Å²) in [6, 6.07) is 8.85. The SMILES string of the molecule is CCCNC(c1ccc(F)c(Cl)c1)c1cc(Br)ccc1F. The van der Waals surface area contributed by atoms with Crippen LogP contribution in [-0.4, -0.2) is 6.54 Å². The maximum Gasteiger partial charge on any atom is 0.141 e. The van der Waals surface area contributed by atoms with Crippen molar-refractivity contribution in [3.63, 3.8) is 0 Å². The van der Waals surface area contributed by atoms with Gasteiger partial charge >= 0.3 is 0 Å². The van der Waals surface area contributed by atoms with Crippen molar-refractivity contribution in [2.75, 3.05) is 6.54 Å². The quantitative estimate of drug-likeness (QED) is 0.732. The zero-order valence-corrected chi connectivity index (χ0v) is 13.8. The number of rotatable bonds is 5. The van der Waals surface area contributed by atoms with Gasteiger partial charge in [-0.05, 0) is 48.9 Å². The molecule has 0 aliphatic heterocycles. The van der Waals surface area contributed by atoms with E-state index in [1.807, 2.05) is 6.92 Å². The molecule has 0 fully saturated rings. The topological polar surface area (TPSA) is 12.0 Å². The molecule has 1 atom stereocenters. The van der Waals surface area contributed by atoms with Gasteiger partial charge in [0.2, 0.25) is 0 Å². The van der Waals surface area contributed by atoms with E-state index in [2.05, 4.69) is 21.2 Å². The first kappa shape index (κ1) is 16.4. The van der Waals surface area contributed by atoms with E-state index < -0.39 is 5.82 Å². The Balaban J connectivity index is 2.46. The summed E-state index contributed by atoms with van der Waals surface area (Å²) in [5.41, 5.74) is 1.23. The van der Waals surface area contributed by atoms with Crippen molar-refractivity contribution in [2.24, 2.45) is 0 Å². The molecule has 0 bridgehead atoms. The zero-order valence-electron chi connectivity index (χ0n) is 11.5. The number of hydrogen-bond donors (Lipinski definition) is 1. The normalized spacial score (nSPS) is 12.4. The fourth-order valence-corrected chi connectivity index (χ4v) is 2.69. The Hall–Kier alpha value is -0.970. The summed E-state index contributed by atoms with van der Waals surface area (Å²) >= 11 is 9.20. The summed E-state index contributed by atoms with van der Waals surface area (Å²) in [5, 5.41) is 3.31. The third kappa shape index (κ3) is 4.02. The van der Waals surface area contributed by atoms with Gasteiger partial charge in [-0.15, -0.1) is 0 Å². The van der Waals surface area contributed by atoms with Gasteiger partial charge < -0.3 is 5.32 Å². The van der Waals surface area contributed by atoms with Crippen LogP contribution in [0.15, 0.2) is 40.9 Å². The molecule has 21 heavy (non-hydrogen) atoms. The summed E-state index contributed by atoms with van der Waals surface area (Å²) in [7, 11) is 0. The van der Waals surface area contributed by atoms with E-state index in [1.54, 1.807) is 18.2 Å². The average molecular weight is 375 g/mol. The first-order valence-corrected chi connectivity index (χ1v) is 7.83. The third-order valence-corrected chi connectivity index (χ3v) is 3.93. The Kier molecular flexibility index (Phi) is 5.73. The molecule has 112 valence electrons. The molecule has 0 aliphatic carbocycles. The second-order valence-electron chi connectivity index (χ2n) is 4.73. The molecule has 5 heteroatoms. The molecule has 2 aromatic carbocycles. The highest BCUT2D eigenvalue weighted by Crippen LogP contribution is 2.29. The van der Waals surface area contributed by atoms with Crippen LogP contribution in [0.25, 0.3) is 0 Å². The van der Waals surface area contributed by atoms with Crippen LogP contribution in [0.4, 0.5) is 8.78 Å². The predicted molar refractivity (Wildman–Crippen MR) is 85.6 cm³/mol. The second-order valence-corrected chi connectivity index (χ2v) is 6.05. The molecule has 0 saturated heterocycles. The fourth-order valence-electron chi connectivity index (χ4n) is 2.12. The first-order valence-electron chi connectivity index (χ1n) is 6.66. The fraction of sp³-hybridized carbons (Fsp3) is 0.250. The Bertz CT molecular complexity index is 634. The lowest BCUT2D eigenvalue weighted by Crippen LogP contribution is -2.24. The van der Waals surface area contributed by atoms with Gasteiger partial charge in [-0.3, -0.25) is 0 Å². The average Bonchev–Trinajstić information content (AvgIpc) is 2.46. The molecule has 1 unspecified atom stereocenters. The van der Waals surface area contributed by atoms with E-state index in [-0.39, 0.29) is 16.9 Å². The molecule has 0 aliphatic rings. The van der Waals surface area contributed by atoms with Crippen LogP contribution in [0.2, 0.25) is 5.02 Å². The van der Waals surface area contributed by atoms with Gasteiger partial charge in [0.1, 0.15) is 11.6 Å². The van der Waals surface area contributed by atoms with Crippen molar-refractivity contribution in [2.45, 2.75) is 19.4 Å². The van der Waals surface area contributed by atoms with Crippen molar-refractivity contribution >= 4 is 27.5 Å². The number of benzene rings is 2. The molecular weight excluding hydrogens is 360 g/mol. The van der Waals surface area contributed by atoms with Gasteiger partial charge in [-0.25, -0.2) is 8.78 Å². The van der Waals surface area contributed by atoms with Gasteiger partial charge in [0, 0.05) is 10.0 Å². The van der Waals surface area contributed by atoms with Gasteiger partial charge in [-0.2, -0.15) is 0 Å². The van der Waals surface area contributed by atoms with Gasteiger partial charge in [0.25, 0.3) is 0 Å². The molecule has 0 aromatic heterocycles. The van der Waals surface area contributed by atoms with Crippen LogP contribution in [-0.2, 0) is 0 Å². The molecule has 1 nitrogen and oxygen atoms in total. The maximum absolute atomic E-state index is 14.1.